The molecular weight excluding hydrogens is 376 g/mol. The molecule has 0 aromatic heterocycles. The fourth-order valence-electron chi connectivity index (χ4n) is 3.13. The highest BCUT2D eigenvalue weighted by molar-refractivity contribution is 5.77. The SMILES string of the molecule is COc1cc(CN(C)CC(=O)NCc2ccccc2)ccc1OCc1ccccc1. The maximum absolute atomic E-state index is 12.2. The lowest BCUT2D eigenvalue weighted by atomic mass is 10.2. The lowest BCUT2D eigenvalue weighted by Gasteiger charge is -2.18. The molecule has 0 saturated heterocycles. The molecule has 0 atom stereocenters. The number of hydrogen-bond acceptors (Lipinski definition) is 4. The third-order valence-corrected chi connectivity index (χ3v) is 4.66. The topological polar surface area (TPSA) is 50.8 Å². The third kappa shape index (κ3) is 6.64. The minimum absolute atomic E-state index is 0.00358. The summed E-state index contributed by atoms with van der Waals surface area (Å²) in [6.45, 7) is 1.97. The van der Waals surface area contributed by atoms with Crippen molar-refractivity contribution in [2.45, 2.75) is 19.7 Å². The Bertz CT molecular complexity index is 930. The second-order valence-corrected chi connectivity index (χ2v) is 7.19. The zero-order chi connectivity index (χ0) is 21.2. The van der Waals surface area contributed by atoms with Gasteiger partial charge in [-0.2, -0.15) is 0 Å². The summed E-state index contributed by atoms with van der Waals surface area (Å²) in [6, 6.07) is 25.8. The number of likely N-dealkylation sites (N-methyl/N-ethyl adjacent to an activating group) is 1. The van der Waals surface area contributed by atoms with Crippen molar-refractivity contribution in [3.8, 4) is 11.5 Å². The Kier molecular flexibility index (Phi) is 7.86. The largest absolute Gasteiger partial charge is 0.493 e. The Balaban J connectivity index is 1.50. The third-order valence-electron chi connectivity index (χ3n) is 4.66. The van der Waals surface area contributed by atoms with E-state index in [2.05, 4.69) is 5.32 Å². The Morgan fingerprint density at radius 2 is 1.53 bits per heavy atom. The molecule has 0 aliphatic heterocycles. The van der Waals surface area contributed by atoms with E-state index in [-0.39, 0.29) is 5.91 Å². The van der Waals surface area contributed by atoms with E-state index in [4.69, 9.17) is 9.47 Å². The maximum Gasteiger partial charge on any atom is 0.234 e. The molecule has 0 fully saturated rings. The number of rotatable bonds is 10. The number of carbonyl (C=O) groups is 1. The van der Waals surface area contributed by atoms with E-state index in [1.54, 1.807) is 7.11 Å². The molecule has 3 aromatic carbocycles. The molecule has 5 heteroatoms. The highest BCUT2D eigenvalue weighted by Gasteiger charge is 2.10. The summed E-state index contributed by atoms with van der Waals surface area (Å²) in [4.78, 5) is 14.2. The van der Waals surface area contributed by atoms with E-state index in [1.807, 2.05) is 90.8 Å². The number of benzene rings is 3. The zero-order valence-corrected chi connectivity index (χ0v) is 17.5. The molecule has 1 amide bonds. The van der Waals surface area contributed by atoms with Gasteiger partial charge < -0.3 is 14.8 Å². The summed E-state index contributed by atoms with van der Waals surface area (Å²) in [5, 5.41) is 2.95. The first-order chi connectivity index (χ1) is 14.6. The van der Waals surface area contributed by atoms with Crippen LogP contribution < -0.4 is 14.8 Å². The molecule has 3 rings (SSSR count). The van der Waals surface area contributed by atoms with Gasteiger partial charge >= 0.3 is 0 Å². The van der Waals surface area contributed by atoms with Crippen LogP contribution in [-0.4, -0.2) is 31.5 Å². The van der Waals surface area contributed by atoms with Crippen molar-refractivity contribution in [3.05, 3.63) is 95.6 Å². The van der Waals surface area contributed by atoms with Gasteiger partial charge in [0.25, 0.3) is 0 Å². The summed E-state index contributed by atoms with van der Waals surface area (Å²) in [5.41, 5.74) is 3.24. The van der Waals surface area contributed by atoms with Gasteiger partial charge in [-0.15, -0.1) is 0 Å². The monoisotopic (exact) mass is 404 g/mol. The minimum atomic E-state index is -0.00358. The molecule has 0 aliphatic rings. The van der Waals surface area contributed by atoms with Crippen LogP contribution in [0.1, 0.15) is 16.7 Å². The average molecular weight is 405 g/mol. The number of methoxy groups -OCH3 is 1. The van der Waals surface area contributed by atoms with E-state index in [0.717, 1.165) is 16.7 Å². The first-order valence-electron chi connectivity index (χ1n) is 9.97. The molecule has 0 unspecified atom stereocenters. The second kappa shape index (κ2) is 11.0. The van der Waals surface area contributed by atoms with Crippen molar-refractivity contribution in [1.82, 2.24) is 10.2 Å². The number of hydrogen-bond donors (Lipinski definition) is 1. The van der Waals surface area contributed by atoms with Crippen LogP contribution in [0.25, 0.3) is 0 Å². The van der Waals surface area contributed by atoms with Gasteiger partial charge in [-0.1, -0.05) is 66.7 Å². The van der Waals surface area contributed by atoms with E-state index >= 15 is 0 Å². The summed E-state index contributed by atoms with van der Waals surface area (Å²) >= 11 is 0. The minimum Gasteiger partial charge on any atom is -0.493 e. The lowest BCUT2D eigenvalue weighted by molar-refractivity contribution is -0.122. The molecular formula is C25H28N2O3. The number of ether oxygens (including phenoxy) is 2. The zero-order valence-electron chi connectivity index (χ0n) is 17.5. The van der Waals surface area contributed by atoms with Crippen LogP contribution in [0.15, 0.2) is 78.9 Å². The quantitative estimate of drug-likeness (QED) is 0.554. The summed E-state index contributed by atoms with van der Waals surface area (Å²) in [6.07, 6.45) is 0. The highest BCUT2D eigenvalue weighted by atomic mass is 16.5. The predicted molar refractivity (Wildman–Crippen MR) is 118 cm³/mol. The molecule has 156 valence electrons. The van der Waals surface area contributed by atoms with Crippen molar-refractivity contribution in [2.75, 3.05) is 20.7 Å². The smallest absolute Gasteiger partial charge is 0.234 e. The molecule has 30 heavy (non-hydrogen) atoms. The molecule has 1 N–H and O–H groups in total. The molecule has 3 aromatic rings. The molecule has 0 radical (unpaired) electrons. The summed E-state index contributed by atoms with van der Waals surface area (Å²) in [5.74, 6) is 1.38. The van der Waals surface area contributed by atoms with Crippen LogP contribution in [0.5, 0.6) is 11.5 Å². The van der Waals surface area contributed by atoms with Crippen molar-refractivity contribution in [3.63, 3.8) is 0 Å². The molecule has 0 bridgehead atoms. The van der Waals surface area contributed by atoms with Crippen LogP contribution in [0.3, 0.4) is 0 Å². The van der Waals surface area contributed by atoms with Crippen LogP contribution in [-0.2, 0) is 24.5 Å². The number of nitrogens with zero attached hydrogens (tertiary/aromatic N) is 1. The van der Waals surface area contributed by atoms with Gasteiger partial charge in [0.05, 0.1) is 13.7 Å². The fourth-order valence-corrected chi connectivity index (χ4v) is 3.13. The first kappa shape index (κ1) is 21.4. The second-order valence-electron chi connectivity index (χ2n) is 7.19. The average Bonchev–Trinajstić information content (AvgIpc) is 2.78. The summed E-state index contributed by atoms with van der Waals surface area (Å²) in [7, 11) is 3.56. The van der Waals surface area contributed by atoms with Gasteiger partial charge in [-0.3, -0.25) is 9.69 Å². The standard InChI is InChI=1S/C25H28N2O3/c1-27(18-25(28)26-16-20-9-5-3-6-10-20)17-22-13-14-23(24(15-22)29-2)30-19-21-11-7-4-8-12-21/h3-15H,16-19H2,1-2H3,(H,26,28). The normalized spacial score (nSPS) is 10.6. The van der Waals surface area contributed by atoms with Gasteiger partial charge in [0, 0.05) is 13.1 Å². The van der Waals surface area contributed by atoms with Crippen LogP contribution in [0, 0.1) is 0 Å². The van der Waals surface area contributed by atoms with Gasteiger partial charge in [-0.05, 0) is 35.9 Å². The molecule has 0 saturated carbocycles. The van der Waals surface area contributed by atoms with Crippen molar-refractivity contribution in [2.24, 2.45) is 0 Å². The maximum atomic E-state index is 12.2. The van der Waals surface area contributed by atoms with Crippen LogP contribution in [0.2, 0.25) is 0 Å². The van der Waals surface area contributed by atoms with Gasteiger partial charge in [-0.25, -0.2) is 0 Å². The predicted octanol–water partition coefficient (Wildman–Crippen LogP) is 4.02. The molecule has 5 nitrogen and oxygen atoms in total. The molecule has 0 spiro atoms. The van der Waals surface area contributed by atoms with Crippen molar-refractivity contribution < 1.29 is 14.3 Å². The number of nitrogens with one attached hydrogen (secondary N) is 1. The summed E-state index contributed by atoms with van der Waals surface area (Å²) < 4.78 is 11.4. The first-order valence-corrected chi connectivity index (χ1v) is 9.97. The van der Waals surface area contributed by atoms with Crippen molar-refractivity contribution in [1.29, 1.82) is 0 Å². The number of amides is 1. The van der Waals surface area contributed by atoms with Gasteiger partial charge in [0.1, 0.15) is 6.61 Å². The van der Waals surface area contributed by atoms with E-state index in [9.17, 15) is 4.79 Å². The Labute approximate surface area is 178 Å². The van der Waals surface area contributed by atoms with E-state index < -0.39 is 0 Å². The van der Waals surface area contributed by atoms with E-state index in [1.165, 1.54) is 0 Å². The Morgan fingerprint density at radius 3 is 2.20 bits per heavy atom. The van der Waals surface area contributed by atoms with Crippen LogP contribution in [0.4, 0.5) is 0 Å². The van der Waals surface area contributed by atoms with Gasteiger partial charge in [0.2, 0.25) is 5.91 Å². The van der Waals surface area contributed by atoms with Crippen molar-refractivity contribution >= 4 is 5.91 Å². The highest BCUT2D eigenvalue weighted by Crippen LogP contribution is 2.29. The molecule has 0 heterocycles. The Morgan fingerprint density at radius 1 is 0.867 bits per heavy atom. The molecule has 0 aliphatic carbocycles. The lowest BCUT2D eigenvalue weighted by Crippen LogP contribution is -2.34. The fraction of sp³-hybridized carbons (Fsp3) is 0.240. The van der Waals surface area contributed by atoms with Crippen LogP contribution >= 0.6 is 0 Å². The van der Waals surface area contributed by atoms with E-state index in [0.29, 0.717) is 37.7 Å². The Hall–Kier alpha value is -3.31. The van der Waals surface area contributed by atoms with Gasteiger partial charge in [0.15, 0.2) is 11.5 Å². The number of carbonyl (C=O) groups excluding carboxylic acids is 1.